The van der Waals surface area contributed by atoms with Gasteiger partial charge in [0, 0.05) is 12.5 Å². The average molecular weight is 323 g/mol. The molecule has 1 aromatic carbocycles. The van der Waals surface area contributed by atoms with Crippen molar-refractivity contribution in [1.29, 1.82) is 0 Å². The number of aliphatic hydroxyl groups is 1. The van der Waals surface area contributed by atoms with Crippen LogP contribution in [0.1, 0.15) is 39.2 Å². The van der Waals surface area contributed by atoms with Crippen LogP contribution in [0.3, 0.4) is 0 Å². The third kappa shape index (κ3) is 7.48. The van der Waals surface area contributed by atoms with E-state index >= 15 is 0 Å². The highest BCUT2D eigenvalue weighted by Gasteiger charge is 2.18. The molecule has 130 valence electrons. The fraction of sp³-hybridized carbons (Fsp3) is 0.611. The number of carbonyl (C=O) groups is 1. The van der Waals surface area contributed by atoms with E-state index in [4.69, 9.17) is 15.2 Å². The van der Waals surface area contributed by atoms with Crippen LogP contribution in [0.25, 0.3) is 0 Å². The monoisotopic (exact) mass is 323 g/mol. The van der Waals surface area contributed by atoms with Crippen molar-refractivity contribution in [3.05, 3.63) is 29.8 Å². The maximum Gasteiger partial charge on any atom is 0.305 e. The molecule has 2 unspecified atom stereocenters. The van der Waals surface area contributed by atoms with Gasteiger partial charge in [0.2, 0.25) is 0 Å². The Kier molecular flexibility index (Phi) is 8.66. The number of hydrogen-bond acceptors (Lipinski definition) is 5. The summed E-state index contributed by atoms with van der Waals surface area (Å²) in [5.74, 6) is 0.757. The van der Waals surface area contributed by atoms with Crippen molar-refractivity contribution in [2.45, 2.75) is 52.2 Å². The van der Waals surface area contributed by atoms with E-state index in [1.54, 1.807) is 0 Å². The molecular weight excluding hydrogens is 294 g/mol. The van der Waals surface area contributed by atoms with Crippen molar-refractivity contribution in [1.82, 2.24) is 0 Å². The van der Waals surface area contributed by atoms with E-state index in [1.165, 1.54) is 0 Å². The van der Waals surface area contributed by atoms with Crippen LogP contribution in [0.2, 0.25) is 0 Å². The van der Waals surface area contributed by atoms with Crippen molar-refractivity contribution in [3.63, 3.8) is 0 Å². The molecule has 0 aliphatic heterocycles. The van der Waals surface area contributed by atoms with Crippen LogP contribution in [0.15, 0.2) is 24.3 Å². The normalized spacial score (nSPS) is 13.7. The molecular formula is C18H29NO4. The van der Waals surface area contributed by atoms with Gasteiger partial charge in [-0.15, -0.1) is 0 Å². The first-order chi connectivity index (χ1) is 10.9. The Morgan fingerprint density at radius 1 is 1.26 bits per heavy atom. The number of hydrogen-bond donors (Lipinski definition) is 2. The quantitative estimate of drug-likeness (QED) is 0.646. The summed E-state index contributed by atoms with van der Waals surface area (Å²) in [7, 11) is 0. The highest BCUT2D eigenvalue weighted by molar-refractivity contribution is 5.69. The van der Waals surface area contributed by atoms with Crippen LogP contribution < -0.4 is 10.5 Å². The summed E-state index contributed by atoms with van der Waals surface area (Å²) in [6.45, 7) is 6.36. The third-order valence-corrected chi connectivity index (χ3v) is 3.71. The van der Waals surface area contributed by atoms with Gasteiger partial charge in [-0.05, 0) is 43.4 Å². The van der Waals surface area contributed by atoms with Crippen LogP contribution in [0.5, 0.6) is 5.75 Å². The lowest BCUT2D eigenvalue weighted by Crippen LogP contribution is -2.42. The molecule has 0 heterocycles. The highest BCUT2D eigenvalue weighted by Crippen LogP contribution is 2.15. The van der Waals surface area contributed by atoms with E-state index in [2.05, 4.69) is 0 Å². The van der Waals surface area contributed by atoms with Gasteiger partial charge in [0.25, 0.3) is 0 Å². The number of carbonyl (C=O) groups excluding carboxylic acids is 1. The SMILES string of the molecule is CCOC(=O)CCCc1ccc(OCC(O)C(N)C(C)C)cc1. The second-order valence-corrected chi connectivity index (χ2v) is 6.00. The molecule has 0 fully saturated rings. The lowest BCUT2D eigenvalue weighted by molar-refractivity contribution is -0.143. The Labute approximate surface area is 138 Å². The first-order valence-electron chi connectivity index (χ1n) is 8.25. The van der Waals surface area contributed by atoms with Gasteiger partial charge in [0.05, 0.1) is 6.61 Å². The van der Waals surface area contributed by atoms with Crippen molar-refractivity contribution in [2.24, 2.45) is 11.7 Å². The van der Waals surface area contributed by atoms with Crippen LogP contribution in [-0.2, 0) is 16.0 Å². The summed E-state index contributed by atoms with van der Waals surface area (Å²) in [6, 6.07) is 7.38. The maximum atomic E-state index is 11.3. The third-order valence-electron chi connectivity index (χ3n) is 3.71. The molecule has 5 nitrogen and oxygen atoms in total. The van der Waals surface area contributed by atoms with Gasteiger partial charge in [-0.3, -0.25) is 4.79 Å². The molecule has 0 aromatic heterocycles. The molecule has 3 N–H and O–H groups in total. The Bertz CT molecular complexity index is 459. The van der Waals surface area contributed by atoms with Crippen LogP contribution in [-0.4, -0.2) is 36.4 Å². The molecule has 0 aliphatic rings. The van der Waals surface area contributed by atoms with Crippen molar-refractivity contribution in [3.8, 4) is 5.75 Å². The fourth-order valence-corrected chi connectivity index (χ4v) is 2.16. The van der Waals surface area contributed by atoms with Crippen LogP contribution >= 0.6 is 0 Å². The number of benzene rings is 1. The number of ether oxygens (including phenoxy) is 2. The number of nitrogens with two attached hydrogens (primary N) is 1. The van der Waals surface area contributed by atoms with Gasteiger partial charge < -0.3 is 20.3 Å². The molecule has 0 saturated carbocycles. The second-order valence-electron chi connectivity index (χ2n) is 6.00. The molecule has 1 aromatic rings. The molecule has 0 spiro atoms. The number of esters is 1. The van der Waals surface area contributed by atoms with E-state index < -0.39 is 6.10 Å². The minimum absolute atomic E-state index is 0.150. The standard InChI is InChI=1S/C18H29NO4/c1-4-22-17(21)7-5-6-14-8-10-15(11-9-14)23-12-16(20)18(19)13(2)3/h8-11,13,16,18,20H,4-7,12,19H2,1-3H3. The Morgan fingerprint density at radius 2 is 1.91 bits per heavy atom. The minimum Gasteiger partial charge on any atom is -0.491 e. The molecule has 5 heteroatoms. The van der Waals surface area contributed by atoms with Crippen LogP contribution in [0, 0.1) is 5.92 Å². The van der Waals surface area contributed by atoms with Gasteiger partial charge in [0.15, 0.2) is 0 Å². The number of rotatable bonds is 10. The summed E-state index contributed by atoms with van der Waals surface area (Å²) in [6.07, 6.45) is 1.34. The van der Waals surface area contributed by atoms with Crippen LogP contribution in [0.4, 0.5) is 0 Å². The summed E-state index contributed by atoms with van der Waals surface area (Å²) in [4.78, 5) is 11.3. The average Bonchev–Trinajstić information content (AvgIpc) is 2.53. The zero-order chi connectivity index (χ0) is 17.2. The summed E-state index contributed by atoms with van der Waals surface area (Å²) < 4.78 is 10.5. The fourth-order valence-electron chi connectivity index (χ4n) is 2.16. The van der Waals surface area contributed by atoms with E-state index in [-0.39, 0.29) is 24.5 Å². The summed E-state index contributed by atoms with van der Waals surface area (Å²) >= 11 is 0. The van der Waals surface area contributed by atoms with Gasteiger partial charge in [0.1, 0.15) is 18.5 Å². The van der Waals surface area contributed by atoms with E-state index in [0.717, 1.165) is 18.4 Å². The molecule has 0 aliphatic carbocycles. The highest BCUT2D eigenvalue weighted by atomic mass is 16.5. The zero-order valence-corrected chi connectivity index (χ0v) is 14.3. The lowest BCUT2D eigenvalue weighted by atomic mass is 10.0. The molecule has 23 heavy (non-hydrogen) atoms. The van der Waals surface area contributed by atoms with Crippen molar-refractivity contribution >= 4 is 5.97 Å². The van der Waals surface area contributed by atoms with Gasteiger partial charge >= 0.3 is 5.97 Å². The lowest BCUT2D eigenvalue weighted by Gasteiger charge is -2.22. The predicted octanol–water partition coefficient (Wildman–Crippen LogP) is 2.30. The minimum atomic E-state index is -0.681. The number of aryl methyl sites for hydroxylation is 1. The molecule has 0 bridgehead atoms. The van der Waals surface area contributed by atoms with Crippen molar-refractivity contribution in [2.75, 3.05) is 13.2 Å². The Morgan fingerprint density at radius 3 is 2.48 bits per heavy atom. The van der Waals surface area contributed by atoms with Crippen molar-refractivity contribution < 1.29 is 19.4 Å². The smallest absolute Gasteiger partial charge is 0.305 e. The molecule has 2 atom stereocenters. The first-order valence-corrected chi connectivity index (χ1v) is 8.25. The second kappa shape index (κ2) is 10.2. The van der Waals surface area contributed by atoms with E-state index in [1.807, 2.05) is 45.0 Å². The summed E-state index contributed by atoms with van der Waals surface area (Å²) in [5.41, 5.74) is 7.02. The maximum absolute atomic E-state index is 11.3. The topological polar surface area (TPSA) is 81.8 Å². The zero-order valence-electron chi connectivity index (χ0n) is 14.3. The first kappa shape index (κ1) is 19.5. The van der Waals surface area contributed by atoms with Gasteiger partial charge in [-0.25, -0.2) is 0 Å². The Balaban J connectivity index is 2.34. The predicted molar refractivity (Wildman–Crippen MR) is 90.3 cm³/mol. The molecule has 0 amide bonds. The molecule has 1 rings (SSSR count). The van der Waals surface area contributed by atoms with Gasteiger partial charge in [-0.2, -0.15) is 0 Å². The number of aliphatic hydroxyl groups excluding tert-OH is 1. The largest absolute Gasteiger partial charge is 0.491 e. The summed E-state index contributed by atoms with van der Waals surface area (Å²) in [5, 5.41) is 9.92. The van der Waals surface area contributed by atoms with E-state index in [0.29, 0.717) is 18.8 Å². The van der Waals surface area contributed by atoms with E-state index in [9.17, 15) is 9.90 Å². The Hall–Kier alpha value is -1.59. The molecule has 0 radical (unpaired) electrons. The molecule has 0 saturated heterocycles. The van der Waals surface area contributed by atoms with Gasteiger partial charge in [-0.1, -0.05) is 26.0 Å².